The molecule has 0 saturated heterocycles. The molecule has 0 bridgehead atoms. The fourth-order valence-corrected chi connectivity index (χ4v) is 2.12. The average molecular weight is 231 g/mol. The van der Waals surface area contributed by atoms with E-state index < -0.39 is 0 Å². The largest absolute Gasteiger partial charge is 0.375 e. The summed E-state index contributed by atoms with van der Waals surface area (Å²) in [4.78, 5) is 0. The Kier molecular flexibility index (Phi) is 14.8. The van der Waals surface area contributed by atoms with E-state index in [0.717, 1.165) is 0 Å². The van der Waals surface area contributed by atoms with Gasteiger partial charge in [0.15, 0.2) is 0 Å². The van der Waals surface area contributed by atoms with Crippen LogP contribution in [0.4, 0.5) is 0 Å². The van der Waals surface area contributed by atoms with Gasteiger partial charge in [0, 0.05) is 0 Å². The van der Waals surface area contributed by atoms with Crippen LogP contribution >= 0.6 is 0 Å². The lowest BCUT2D eigenvalue weighted by Crippen LogP contribution is -2.22. The topological polar surface area (TPSA) is 44.2 Å². The molecule has 0 aliphatic rings. The Morgan fingerprint density at radius 3 is 1.06 bits per heavy atom. The van der Waals surface area contributed by atoms with Crippen LogP contribution in [0.2, 0.25) is 0 Å². The van der Waals surface area contributed by atoms with Gasteiger partial charge in [0.2, 0.25) is 0 Å². The van der Waals surface area contributed by atoms with Gasteiger partial charge in [-0.05, 0) is 25.7 Å². The summed E-state index contributed by atoms with van der Waals surface area (Å²) >= 11 is 0. The van der Waals surface area contributed by atoms with Crippen molar-refractivity contribution in [2.24, 2.45) is 0 Å². The second-order valence-electron chi connectivity index (χ2n) is 4.53. The standard InChI is InChI=1S/C14H30O.H3N/c1-5-9-13(10-6-2)15-14(11-7-3)12-8-4;/h13-14H,5-12H2,1-4H3;1H3. The molecular formula is C14H33NO. The van der Waals surface area contributed by atoms with E-state index >= 15 is 0 Å². The lowest BCUT2D eigenvalue weighted by molar-refractivity contribution is -0.0292. The molecule has 0 aromatic heterocycles. The maximum absolute atomic E-state index is 6.21. The van der Waals surface area contributed by atoms with E-state index in [1.165, 1.54) is 51.4 Å². The zero-order chi connectivity index (χ0) is 11.5. The first-order valence-corrected chi connectivity index (χ1v) is 6.93. The number of rotatable bonds is 10. The fraction of sp³-hybridized carbons (Fsp3) is 1.00. The second kappa shape index (κ2) is 13.0. The SMILES string of the molecule is CCCC(CCC)OC(CCC)CCC.N. The van der Waals surface area contributed by atoms with Crippen LogP contribution in [0.15, 0.2) is 0 Å². The Morgan fingerprint density at radius 2 is 0.875 bits per heavy atom. The maximum atomic E-state index is 6.21. The summed E-state index contributed by atoms with van der Waals surface area (Å²) in [6.45, 7) is 9.00. The van der Waals surface area contributed by atoms with E-state index in [-0.39, 0.29) is 6.15 Å². The number of hydrogen-bond acceptors (Lipinski definition) is 2. The first kappa shape index (κ1) is 18.3. The summed E-state index contributed by atoms with van der Waals surface area (Å²) in [5.41, 5.74) is 0. The Bertz CT molecular complexity index is 102. The second-order valence-corrected chi connectivity index (χ2v) is 4.53. The van der Waals surface area contributed by atoms with E-state index in [4.69, 9.17) is 4.74 Å². The smallest absolute Gasteiger partial charge is 0.0578 e. The predicted octanol–water partition coefficient (Wildman–Crippen LogP) is 5.10. The van der Waals surface area contributed by atoms with Crippen LogP contribution in [-0.2, 0) is 4.74 Å². The van der Waals surface area contributed by atoms with Gasteiger partial charge >= 0.3 is 0 Å². The highest BCUT2D eigenvalue weighted by Gasteiger charge is 2.14. The lowest BCUT2D eigenvalue weighted by atomic mass is 10.1. The molecule has 100 valence electrons. The summed E-state index contributed by atoms with van der Waals surface area (Å²) in [7, 11) is 0. The third kappa shape index (κ3) is 9.17. The van der Waals surface area contributed by atoms with E-state index in [1.54, 1.807) is 0 Å². The maximum Gasteiger partial charge on any atom is 0.0578 e. The summed E-state index contributed by atoms with van der Waals surface area (Å²) in [6, 6.07) is 0. The molecule has 0 aliphatic carbocycles. The molecule has 0 aromatic carbocycles. The molecule has 2 heteroatoms. The number of ether oxygens (including phenoxy) is 1. The van der Waals surface area contributed by atoms with E-state index in [1.807, 2.05) is 0 Å². The average Bonchev–Trinajstić information content (AvgIpc) is 2.19. The molecule has 3 N–H and O–H groups in total. The Morgan fingerprint density at radius 1 is 0.625 bits per heavy atom. The van der Waals surface area contributed by atoms with Crippen LogP contribution in [-0.4, -0.2) is 12.2 Å². The minimum Gasteiger partial charge on any atom is -0.375 e. The Hall–Kier alpha value is -0.0800. The molecule has 0 saturated carbocycles. The zero-order valence-electron chi connectivity index (χ0n) is 11.9. The first-order chi connectivity index (χ1) is 7.28. The highest BCUT2D eigenvalue weighted by molar-refractivity contribution is 4.63. The monoisotopic (exact) mass is 231 g/mol. The fourth-order valence-electron chi connectivity index (χ4n) is 2.12. The van der Waals surface area contributed by atoms with Crippen molar-refractivity contribution in [3.05, 3.63) is 0 Å². The lowest BCUT2D eigenvalue weighted by Gasteiger charge is -2.24. The molecular weight excluding hydrogens is 198 g/mol. The van der Waals surface area contributed by atoms with Crippen LogP contribution in [0, 0.1) is 0 Å². The van der Waals surface area contributed by atoms with Gasteiger partial charge in [-0.25, -0.2) is 0 Å². The summed E-state index contributed by atoms with van der Waals surface area (Å²) < 4.78 is 6.21. The van der Waals surface area contributed by atoms with Gasteiger partial charge < -0.3 is 10.9 Å². The van der Waals surface area contributed by atoms with Gasteiger partial charge in [-0.15, -0.1) is 0 Å². The summed E-state index contributed by atoms with van der Waals surface area (Å²) in [5.74, 6) is 0. The van der Waals surface area contributed by atoms with Crippen LogP contribution in [0.25, 0.3) is 0 Å². The molecule has 0 unspecified atom stereocenters. The van der Waals surface area contributed by atoms with Gasteiger partial charge in [0.25, 0.3) is 0 Å². The van der Waals surface area contributed by atoms with Crippen molar-refractivity contribution >= 4 is 0 Å². The third-order valence-electron chi connectivity index (χ3n) is 2.83. The van der Waals surface area contributed by atoms with Gasteiger partial charge in [-0.3, -0.25) is 0 Å². The van der Waals surface area contributed by atoms with Crippen LogP contribution in [0.5, 0.6) is 0 Å². The summed E-state index contributed by atoms with van der Waals surface area (Å²) in [5, 5.41) is 0. The molecule has 0 heterocycles. The highest BCUT2D eigenvalue weighted by Crippen LogP contribution is 2.17. The van der Waals surface area contributed by atoms with Crippen molar-refractivity contribution in [2.45, 2.75) is 91.3 Å². The third-order valence-corrected chi connectivity index (χ3v) is 2.83. The minimum atomic E-state index is 0. The molecule has 0 rings (SSSR count). The molecule has 0 aromatic rings. The normalized spacial score (nSPS) is 10.9. The Balaban J connectivity index is 0. The van der Waals surface area contributed by atoms with Crippen molar-refractivity contribution in [2.75, 3.05) is 0 Å². The van der Waals surface area contributed by atoms with Gasteiger partial charge in [-0.2, -0.15) is 0 Å². The first-order valence-electron chi connectivity index (χ1n) is 6.93. The van der Waals surface area contributed by atoms with Crippen molar-refractivity contribution in [1.82, 2.24) is 6.15 Å². The molecule has 0 aliphatic heterocycles. The van der Waals surface area contributed by atoms with Crippen molar-refractivity contribution in [1.29, 1.82) is 0 Å². The van der Waals surface area contributed by atoms with Gasteiger partial charge in [0.05, 0.1) is 12.2 Å². The molecule has 0 amide bonds. The quantitative estimate of drug-likeness (QED) is 0.568. The zero-order valence-corrected chi connectivity index (χ0v) is 11.9. The van der Waals surface area contributed by atoms with Gasteiger partial charge in [-0.1, -0.05) is 53.4 Å². The Labute approximate surface area is 103 Å². The molecule has 0 fully saturated rings. The van der Waals surface area contributed by atoms with Crippen LogP contribution < -0.4 is 6.15 Å². The van der Waals surface area contributed by atoms with E-state index in [9.17, 15) is 0 Å². The molecule has 0 spiro atoms. The van der Waals surface area contributed by atoms with Crippen molar-refractivity contribution in [3.8, 4) is 0 Å². The minimum absolute atomic E-state index is 0. The van der Waals surface area contributed by atoms with Crippen LogP contribution in [0.1, 0.15) is 79.1 Å². The summed E-state index contributed by atoms with van der Waals surface area (Å²) in [6.07, 6.45) is 11.0. The van der Waals surface area contributed by atoms with E-state index in [0.29, 0.717) is 12.2 Å². The molecule has 0 radical (unpaired) electrons. The van der Waals surface area contributed by atoms with Crippen molar-refractivity contribution in [3.63, 3.8) is 0 Å². The molecule has 16 heavy (non-hydrogen) atoms. The number of hydrogen-bond donors (Lipinski definition) is 1. The van der Waals surface area contributed by atoms with E-state index in [2.05, 4.69) is 27.7 Å². The van der Waals surface area contributed by atoms with Crippen LogP contribution in [0.3, 0.4) is 0 Å². The van der Waals surface area contributed by atoms with Gasteiger partial charge in [0.1, 0.15) is 0 Å². The molecule has 2 nitrogen and oxygen atoms in total. The highest BCUT2D eigenvalue weighted by atomic mass is 16.5. The predicted molar refractivity (Wildman–Crippen MR) is 73.3 cm³/mol. The van der Waals surface area contributed by atoms with Crippen molar-refractivity contribution < 1.29 is 4.74 Å². The molecule has 0 atom stereocenters.